The van der Waals surface area contributed by atoms with Crippen molar-refractivity contribution in [2.45, 2.75) is 11.3 Å². The highest BCUT2D eigenvalue weighted by molar-refractivity contribution is 8.01. The number of amides is 1. The number of hydrogen-bond donors (Lipinski definition) is 1. The van der Waals surface area contributed by atoms with Crippen molar-refractivity contribution in [3.05, 3.63) is 30.1 Å². The number of rotatable bonds is 8. The topological polar surface area (TPSA) is 90.4 Å². The van der Waals surface area contributed by atoms with Crippen LogP contribution in [0.15, 0.2) is 28.6 Å². The summed E-state index contributed by atoms with van der Waals surface area (Å²) in [5, 5.41) is 10.5. The van der Waals surface area contributed by atoms with Crippen molar-refractivity contribution in [3.8, 4) is 5.75 Å². The van der Waals surface area contributed by atoms with E-state index in [-0.39, 0.29) is 29.2 Å². The molecule has 0 unspecified atom stereocenters. The molecule has 7 nitrogen and oxygen atoms in total. The van der Waals surface area contributed by atoms with Crippen molar-refractivity contribution < 1.29 is 23.5 Å². The molecule has 0 aliphatic rings. The Morgan fingerprint density at radius 3 is 2.96 bits per heavy atom. The number of anilines is 1. The number of hydrogen-bond acceptors (Lipinski definition) is 8. The summed E-state index contributed by atoms with van der Waals surface area (Å²) in [7, 11) is 0. The second-order valence-corrected chi connectivity index (χ2v) is 6.46. The molecule has 24 heavy (non-hydrogen) atoms. The number of benzene rings is 1. The Bertz CT molecular complexity index is 711. The summed E-state index contributed by atoms with van der Waals surface area (Å²) in [6.07, 6.45) is 0. The second kappa shape index (κ2) is 9.18. The molecule has 2 aromatic rings. The minimum Gasteiger partial charge on any atom is -0.484 e. The van der Waals surface area contributed by atoms with Gasteiger partial charge >= 0.3 is 5.97 Å². The third-order valence-electron chi connectivity index (χ3n) is 2.44. The van der Waals surface area contributed by atoms with Gasteiger partial charge in [0.1, 0.15) is 11.6 Å². The lowest BCUT2D eigenvalue weighted by Crippen LogP contribution is -2.20. The molecule has 0 aliphatic heterocycles. The first-order chi connectivity index (χ1) is 11.6. The van der Waals surface area contributed by atoms with Crippen LogP contribution in [0.25, 0.3) is 0 Å². The lowest BCUT2D eigenvalue weighted by atomic mass is 10.3. The molecule has 1 N–H and O–H groups in total. The van der Waals surface area contributed by atoms with Gasteiger partial charge in [-0.1, -0.05) is 29.2 Å². The largest absolute Gasteiger partial charge is 0.484 e. The number of carbonyl (C=O) groups excluding carboxylic acids is 2. The number of carbonyl (C=O) groups is 2. The van der Waals surface area contributed by atoms with Gasteiger partial charge in [0, 0.05) is 6.07 Å². The SMILES string of the molecule is CCOC(=O)CSc1nnc(NC(=O)COc2cccc(F)c2)s1. The highest BCUT2D eigenvalue weighted by Gasteiger charge is 2.11. The minimum atomic E-state index is -0.447. The maximum Gasteiger partial charge on any atom is 0.316 e. The lowest BCUT2D eigenvalue weighted by molar-refractivity contribution is -0.139. The van der Waals surface area contributed by atoms with Crippen molar-refractivity contribution in [2.75, 3.05) is 24.3 Å². The Morgan fingerprint density at radius 1 is 1.38 bits per heavy atom. The molecular formula is C14H14FN3O4S2. The van der Waals surface area contributed by atoms with Crippen LogP contribution in [0, 0.1) is 5.82 Å². The Morgan fingerprint density at radius 2 is 2.21 bits per heavy atom. The van der Waals surface area contributed by atoms with Crippen LogP contribution >= 0.6 is 23.1 Å². The van der Waals surface area contributed by atoms with Crippen molar-refractivity contribution in [1.29, 1.82) is 0 Å². The normalized spacial score (nSPS) is 10.2. The van der Waals surface area contributed by atoms with Gasteiger partial charge < -0.3 is 9.47 Å². The van der Waals surface area contributed by atoms with Gasteiger partial charge in [-0.15, -0.1) is 10.2 Å². The lowest BCUT2D eigenvalue weighted by Gasteiger charge is -2.05. The molecule has 1 amide bonds. The molecule has 0 fully saturated rings. The molecule has 1 aromatic carbocycles. The van der Waals surface area contributed by atoms with Gasteiger partial charge in [0.2, 0.25) is 5.13 Å². The maximum atomic E-state index is 13.0. The fraction of sp³-hybridized carbons (Fsp3) is 0.286. The highest BCUT2D eigenvalue weighted by Crippen LogP contribution is 2.25. The average Bonchev–Trinajstić information content (AvgIpc) is 2.99. The molecule has 0 atom stereocenters. The fourth-order valence-corrected chi connectivity index (χ4v) is 3.07. The number of thioether (sulfide) groups is 1. The molecular weight excluding hydrogens is 357 g/mol. The summed E-state index contributed by atoms with van der Waals surface area (Å²) in [5.41, 5.74) is 0. The highest BCUT2D eigenvalue weighted by atomic mass is 32.2. The van der Waals surface area contributed by atoms with Crippen LogP contribution in [0.1, 0.15) is 6.92 Å². The summed E-state index contributed by atoms with van der Waals surface area (Å²) in [6.45, 7) is 1.77. The predicted octanol–water partition coefficient (Wildman–Crippen LogP) is 2.35. The third-order valence-corrected chi connectivity index (χ3v) is 4.38. The van der Waals surface area contributed by atoms with Gasteiger partial charge in [-0.2, -0.15) is 0 Å². The second-order valence-electron chi connectivity index (χ2n) is 4.26. The van der Waals surface area contributed by atoms with E-state index in [0.717, 1.165) is 11.3 Å². The van der Waals surface area contributed by atoms with Crippen molar-refractivity contribution in [1.82, 2.24) is 10.2 Å². The number of nitrogens with zero attached hydrogens (tertiary/aromatic N) is 2. The minimum absolute atomic E-state index is 0.124. The van der Waals surface area contributed by atoms with Crippen LogP contribution in [0.4, 0.5) is 9.52 Å². The van der Waals surface area contributed by atoms with Crippen LogP contribution in [0.5, 0.6) is 5.75 Å². The summed E-state index contributed by atoms with van der Waals surface area (Å²) >= 11 is 2.31. The predicted molar refractivity (Wildman–Crippen MR) is 87.8 cm³/mol. The van der Waals surface area contributed by atoms with Gasteiger partial charge in [0.15, 0.2) is 10.9 Å². The van der Waals surface area contributed by atoms with Gasteiger partial charge in [0.05, 0.1) is 12.4 Å². The van der Waals surface area contributed by atoms with E-state index in [0.29, 0.717) is 10.9 Å². The summed E-state index contributed by atoms with van der Waals surface area (Å²) < 4.78 is 23.5. The molecule has 0 saturated heterocycles. The van der Waals surface area contributed by atoms with Crippen LogP contribution in [0.2, 0.25) is 0 Å². The van der Waals surface area contributed by atoms with E-state index < -0.39 is 11.7 Å². The van der Waals surface area contributed by atoms with Crippen LogP contribution in [0.3, 0.4) is 0 Å². The van der Waals surface area contributed by atoms with Crippen LogP contribution < -0.4 is 10.1 Å². The van der Waals surface area contributed by atoms with Gasteiger partial charge in [-0.25, -0.2) is 4.39 Å². The zero-order valence-electron chi connectivity index (χ0n) is 12.7. The van der Waals surface area contributed by atoms with Crippen LogP contribution in [-0.4, -0.2) is 41.0 Å². The van der Waals surface area contributed by atoms with Crippen molar-refractivity contribution in [3.63, 3.8) is 0 Å². The van der Waals surface area contributed by atoms with E-state index in [1.165, 1.54) is 30.0 Å². The molecule has 1 heterocycles. The zero-order chi connectivity index (χ0) is 17.4. The standard InChI is InChI=1S/C14H14FN3O4S2/c1-2-21-12(20)8-23-14-18-17-13(24-14)16-11(19)7-22-10-5-3-4-9(15)6-10/h3-6H,2,7-8H2,1H3,(H,16,17,19). The average molecular weight is 371 g/mol. The Hall–Kier alpha value is -2.20. The van der Waals surface area contributed by atoms with E-state index in [2.05, 4.69) is 15.5 Å². The molecule has 0 saturated carbocycles. The molecule has 2 rings (SSSR count). The Kier molecular flexibility index (Phi) is 6.94. The molecule has 10 heteroatoms. The smallest absolute Gasteiger partial charge is 0.316 e. The first-order valence-corrected chi connectivity index (χ1v) is 8.67. The first-order valence-electron chi connectivity index (χ1n) is 6.87. The molecule has 0 aliphatic carbocycles. The number of halogens is 1. The fourth-order valence-electron chi connectivity index (χ4n) is 1.50. The molecule has 128 valence electrons. The van der Waals surface area contributed by atoms with Crippen LogP contribution in [-0.2, 0) is 14.3 Å². The number of ether oxygens (including phenoxy) is 2. The molecule has 1 aromatic heterocycles. The maximum absolute atomic E-state index is 13.0. The monoisotopic (exact) mass is 371 g/mol. The van der Waals surface area contributed by atoms with Gasteiger partial charge in [-0.3, -0.25) is 14.9 Å². The summed E-state index contributed by atoms with van der Waals surface area (Å²) in [5.74, 6) is -0.850. The third kappa shape index (κ3) is 6.13. The zero-order valence-corrected chi connectivity index (χ0v) is 14.3. The Labute approximate surface area is 145 Å². The van der Waals surface area contributed by atoms with Gasteiger partial charge in [0.25, 0.3) is 5.91 Å². The summed E-state index contributed by atoms with van der Waals surface area (Å²) in [4.78, 5) is 23.0. The number of nitrogens with one attached hydrogen (secondary N) is 1. The van der Waals surface area contributed by atoms with E-state index in [1.54, 1.807) is 13.0 Å². The summed E-state index contributed by atoms with van der Waals surface area (Å²) in [6, 6.07) is 5.50. The number of aromatic nitrogens is 2. The van der Waals surface area contributed by atoms with E-state index in [4.69, 9.17) is 9.47 Å². The molecule has 0 radical (unpaired) electrons. The quantitative estimate of drug-likeness (QED) is 0.433. The van der Waals surface area contributed by atoms with Crippen molar-refractivity contribution >= 4 is 40.1 Å². The molecule has 0 bridgehead atoms. The molecule has 0 spiro atoms. The Balaban J connectivity index is 1.77. The van der Waals surface area contributed by atoms with E-state index >= 15 is 0 Å². The first kappa shape index (κ1) is 18.1. The van der Waals surface area contributed by atoms with E-state index in [9.17, 15) is 14.0 Å². The van der Waals surface area contributed by atoms with Gasteiger partial charge in [-0.05, 0) is 19.1 Å². The van der Waals surface area contributed by atoms with Crippen molar-refractivity contribution in [2.24, 2.45) is 0 Å². The number of esters is 1. The van der Waals surface area contributed by atoms with E-state index in [1.807, 2.05) is 0 Å².